The highest BCUT2D eigenvalue weighted by Crippen LogP contribution is 2.24. The van der Waals surface area contributed by atoms with E-state index in [9.17, 15) is 13.5 Å². The Bertz CT molecular complexity index is 944. The van der Waals surface area contributed by atoms with Crippen molar-refractivity contribution in [2.75, 3.05) is 4.72 Å². The molecule has 0 radical (unpaired) electrons. The number of hydrogen-bond donors (Lipinski definition) is 2. The summed E-state index contributed by atoms with van der Waals surface area (Å²) >= 11 is 5.79. The number of nitrogens with one attached hydrogen (secondary N) is 1. The number of aromatic nitrogens is 4. The van der Waals surface area contributed by atoms with Crippen LogP contribution in [0.3, 0.4) is 0 Å². The van der Waals surface area contributed by atoms with Crippen LogP contribution in [0.15, 0.2) is 53.8 Å². The molecule has 0 unspecified atom stereocenters. The summed E-state index contributed by atoms with van der Waals surface area (Å²) in [6.45, 7) is 0. The number of hydrogen-bond acceptors (Lipinski definition) is 6. The van der Waals surface area contributed by atoms with Crippen molar-refractivity contribution in [1.29, 1.82) is 0 Å². The molecule has 8 nitrogen and oxygen atoms in total. The van der Waals surface area contributed by atoms with E-state index in [1.54, 1.807) is 18.3 Å². The molecular formula is C13H10ClN5O3S. The van der Waals surface area contributed by atoms with Gasteiger partial charge in [-0.2, -0.15) is 10.1 Å². The quantitative estimate of drug-likeness (QED) is 0.742. The number of benzene rings is 1. The fourth-order valence-electron chi connectivity index (χ4n) is 1.77. The number of sulfonamides is 1. The predicted molar refractivity (Wildman–Crippen MR) is 83.1 cm³/mol. The van der Waals surface area contributed by atoms with E-state index >= 15 is 0 Å². The second kappa shape index (κ2) is 5.86. The predicted octanol–water partition coefficient (Wildman–Crippen LogP) is 1.82. The first-order valence-electron chi connectivity index (χ1n) is 6.30. The van der Waals surface area contributed by atoms with Crippen LogP contribution < -0.4 is 4.72 Å². The lowest BCUT2D eigenvalue weighted by atomic mass is 10.4. The van der Waals surface area contributed by atoms with Crippen molar-refractivity contribution in [3.63, 3.8) is 0 Å². The minimum Gasteiger partial charge on any atom is -0.492 e. The van der Waals surface area contributed by atoms with E-state index in [2.05, 4.69) is 19.8 Å². The maximum atomic E-state index is 12.3. The van der Waals surface area contributed by atoms with Gasteiger partial charge in [-0.05, 0) is 24.3 Å². The summed E-state index contributed by atoms with van der Waals surface area (Å²) in [7, 11) is -3.92. The van der Waals surface area contributed by atoms with Crippen molar-refractivity contribution >= 4 is 27.3 Å². The molecule has 3 aromatic rings. The van der Waals surface area contributed by atoms with Crippen LogP contribution >= 0.6 is 11.6 Å². The van der Waals surface area contributed by atoms with Gasteiger partial charge in [0, 0.05) is 17.4 Å². The summed E-state index contributed by atoms with van der Waals surface area (Å²) in [5, 5.41) is 14.1. The van der Waals surface area contributed by atoms with E-state index in [-0.39, 0.29) is 21.6 Å². The molecule has 0 saturated heterocycles. The Morgan fingerprint density at radius 1 is 1.26 bits per heavy atom. The molecule has 1 aromatic carbocycles. The van der Waals surface area contributed by atoms with Gasteiger partial charge in [-0.15, -0.1) is 0 Å². The molecule has 2 heterocycles. The Morgan fingerprint density at radius 2 is 2.09 bits per heavy atom. The number of anilines is 1. The van der Waals surface area contributed by atoms with Crippen LogP contribution in [0.5, 0.6) is 5.88 Å². The number of rotatable bonds is 4. The van der Waals surface area contributed by atoms with Crippen LogP contribution in [0.2, 0.25) is 5.02 Å². The molecule has 0 spiro atoms. The fraction of sp³-hybridized carbons (Fsp3) is 0. The standard InChI is InChI=1S/C13H10ClN5O3S/c14-9-3-1-4-10(7-9)23(21,22)18-11-8-15-13(17-12(11)20)19-6-2-5-16-19/h1-8,18H,(H,15,17,20). The average molecular weight is 352 g/mol. The third-order valence-corrected chi connectivity index (χ3v) is 4.41. The Kier molecular flexibility index (Phi) is 3.89. The summed E-state index contributed by atoms with van der Waals surface area (Å²) < 4.78 is 28.1. The Morgan fingerprint density at radius 3 is 2.74 bits per heavy atom. The van der Waals surface area contributed by atoms with E-state index in [1.165, 1.54) is 29.1 Å². The molecule has 23 heavy (non-hydrogen) atoms. The van der Waals surface area contributed by atoms with Gasteiger partial charge >= 0.3 is 0 Å². The summed E-state index contributed by atoms with van der Waals surface area (Å²) in [6, 6.07) is 7.40. The Hall–Kier alpha value is -2.65. The zero-order chi connectivity index (χ0) is 16.4. The van der Waals surface area contributed by atoms with Gasteiger partial charge in [0.05, 0.1) is 11.1 Å². The third kappa shape index (κ3) is 3.25. The van der Waals surface area contributed by atoms with Gasteiger partial charge in [0.15, 0.2) is 0 Å². The Balaban J connectivity index is 1.91. The molecule has 0 atom stereocenters. The van der Waals surface area contributed by atoms with Crippen LogP contribution in [-0.2, 0) is 10.0 Å². The molecule has 0 amide bonds. The van der Waals surface area contributed by atoms with Crippen molar-refractivity contribution in [3.05, 3.63) is 53.9 Å². The third-order valence-electron chi connectivity index (χ3n) is 2.82. The van der Waals surface area contributed by atoms with Gasteiger partial charge in [0.2, 0.25) is 5.88 Å². The van der Waals surface area contributed by atoms with Crippen LogP contribution in [0.25, 0.3) is 5.95 Å². The molecule has 0 fully saturated rings. The maximum Gasteiger partial charge on any atom is 0.262 e. The highest BCUT2D eigenvalue weighted by atomic mass is 35.5. The van der Waals surface area contributed by atoms with Crippen LogP contribution in [-0.4, -0.2) is 33.3 Å². The van der Waals surface area contributed by atoms with Gasteiger partial charge in [-0.25, -0.2) is 18.1 Å². The molecule has 2 aromatic heterocycles. The van der Waals surface area contributed by atoms with E-state index in [4.69, 9.17) is 11.6 Å². The molecule has 2 N–H and O–H groups in total. The van der Waals surface area contributed by atoms with Gasteiger partial charge in [0.25, 0.3) is 16.0 Å². The summed E-state index contributed by atoms with van der Waals surface area (Å²) in [4.78, 5) is 7.72. The topological polar surface area (TPSA) is 110 Å². The van der Waals surface area contributed by atoms with E-state index < -0.39 is 15.9 Å². The average Bonchev–Trinajstić information content (AvgIpc) is 3.03. The van der Waals surface area contributed by atoms with Crippen LogP contribution in [0.4, 0.5) is 5.69 Å². The lowest BCUT2D eigenvalue weighted by Crippen LogP contribution is -2.14. The normalized spacial score (nSPS) is 11.3. The van der Waals surface area contributed by atoms with Crippen molar-refractivity contribution < 1.29 is 13.5 Å². The lowest BCUT2D eigenvalue weighted by Gasteiger charge is -2.09. The largest absolute Gasteiger partial charge is 0.492 e. The van der Waals surface area contributed by atoms with Gasteiger partial charge in [0.1, 0.15) is 5.69 Å². The minimum absolute atomic E-state index is 0.0412. The first-order chi connectivity index (χ1) is 11.0. The molecule has 0 saturated carbocycles. The van der Waals surface area contributed by atoms with Crippen molar-refractivity contribution in [1.82, 2.24) is 19.7 Å². The van der Waals surface area contributed by atoms with Crippen LogP contribution in [0.1, 0.15) is 0 Å². The van der Waals surface area contributed by atoms with Crippen molar-refractivity contribution in [3.8, 4) is 11.8 Å². The second-order valence-electron chi connectivity index (χ2n) is 4.42. The second-order valence-corrected chi connectivity index (χ2v) is 6.54. The molecular weight excluding hydrogens is 342 g/mol. The molecule has 0 aliphatic heterocycles. The first kappa shape index (κ1) is 15.3. The first-order valence-corrected chi connectivity index (χ1v) is 8.16. The molecule has 3 rings (SSSR count). The van der Waals surface area contributed by atoms with Crippen molar-refractivity contribution in [2.45, 2.75) is 4.90 Å². The van der Waals surface area contributed by atoms with E-state index in [0.29, 0.717) is 0 Å². The van der Waals surface area contributed by atoms with E-state index in [1.807, 2.05) is 0 Å². The van der Waals surface area contributed by atoms with Gasteiger partial charge in [-0.1, -0.05) is 17.7 Å². The smallest absolute Gasteiger partial charge is 0.262 e. The number of aromatic hydroxyl groups is 1. The monoisotopic (exact) mass is 351 g/mol. The fourth-order valence-corrected chi connectivity index (χ4v) is 3.12. The number of halogens is 1. The summed E-state index contributed by atoms with van der Waals surface area (Å²) in [5.74, 6) is -0.408. The zero-order valence-electron chi connectivity index (χ0n) is 11.5. The molecule has 0 bridgehead atoms. The Labute approximate surface area is 136 Å². The lowest BCUT2D eigenvalue weighted by molar-refractivity contribution is 0.452. The summed E-state index contributed by atoms with van der Waals surface area (Å²) in [5.41, 5.74) is -0.152. The zero-order valence-corrected chi connectivity index (χ0v) is 13.0. The molecule has 10 heteroatoms. The highest BCUT2D eigenvalue weighted by molar-refractivity contribution is 7.92. The maximum absolute atomic E-state index is 12.3. The highest BCUT2D eigenvalue weighted by Gasteiger charge is 2.18. The molecule has 0 aliphatic rings. The SMILES string of the molecule is O=S(=O)(Nc1cnc(-n2cccn2)nc1O)c1cccc(Cl)c1. The molecule has 118 valence electrons. The van der Waals surface area contributed by atoms with E-state index in [0.717, 1.165) is 6.20 Å². The summed E-state index contributed by atoms with van der Waals surface area (Å²) in [6.07, 6.45) is 4.27. The van der Waals surface area contributed by atoms with Gasteiger partial charge in [-0.3, -0.25) is 4.72 Å². The minimum atomic E-state index is -3.92. The van der Waals surface area contributed by atoms with Gasteiger partial charge < -0.3 is 5.11 Å². The van der Waals surface area contributed by atoms with Crippen LogP contribution in [0, 0.1) is 0 Å². The van der Waals surface area contributed by atoms with Crippen molar-refractivity contribution in [2.24, 2.45) is 0 Å². The number of nitrogens with zero attached hydrogens (tertiary/aromatic N) is 4. The molecule has 0 aliphatic carbocycles.